The van der Waals surface area contributed by atoms with Gasteiger partial charge in [0.15, 0.2) is 5.65 Å². The second-order valence-electron chi connectivity index (χ2n) is 9.69. The molecule has 182 valence electrons. The summed E-state index contributed by atoms with van der Waals surface area (Å²) in [6.45, 7) is 6.33. The van der Waals surface area contributed by atoms with E-state index < -0.39 is 6.03 Å². The number of nitrogens with zero attached hydrogens (tertiary/aromatic N) is 2. The number of primary amides is 1. The summed E-state index contributed by atoms with van der Waals surface area (Å²) in [5.41, 5.74) is 10.6. The van der Waals surface area contributed by atoms with Crippen LogP contribution in [0.3, 0.4) is 0 Å². The molecule has 3 aromatic carbocycles. The van der Waals surface area contributed by atoms with Gasteiger partial charge in [0.2, 0.25) is 0 Å². The lowest BCUT2D eigenvalue weighted by molar-refractivity contribution is 0.256. The van der Waals surface area contributed by atoms with Gasteiger partial charge < -0.3 is 15.5 Å². The lowest BCUT2D eigenvalue weighted by atomic mass is 9.86. The summed E-state index contributed by atoms with van der Waals surface area (Å²) in [6.07, 6.45) is 1.72. The molecular weight excluding hydrogens is 454 g/mol. The number of carbonyl (C=O) groups excluding carboxylic acids is 1. The number of urea groups is 1. The maximum absolute atomic E-state index is 12.9. The summed E-state index contributed by atoms with van der Waals surface area (Å²) in [7, 11) is 1.57. The number of amides is 2. The first kappa shape index (κ1) is 23.2. The molecular formula is C28H27N5O3. The van der Waals surface area contributed by atoms with Gasteiger partial charge in [-0.15, -0.1) is 0 Å². The van der Waals surface area contributed by atoms with Crippen molar-refractivity contribution in [2.45, 2.75) is 26.2 Å². The maximum atomic E-state index is 12.9. The molecule has 4 N–H and O–H groups in total. The molecule has 2 heterocycles. The average molecular weight is 482 g/mol. The molecule has 8 nitrogen and oxygen atoms in total. The molecule has 5 rings (SSSR count). The predicted molar refractivity (Wildman–Crippen MR) is 143 cm³/mol. The minimum atomic E-state index is -0.620. The summed E-state index contributed by atoms with van der Waals surface area (Å²) in [4.78, 5) is 35.9. The van der Waals surface area contributed by atoms with Crippen LogP contribution in [-0.4, -0.2) is 28.1 Å². The minimum Gasteiger partial charge on any atom is -0.495 e. The van der Waals surface area contributed by atoms with E-state index in [0.717, 1.165) is 27.5 Å². The molecule has 0 radical (unpaired) electrons. The number of imidazole rings is 1. The van der Waals surface area contributed by atoms with Crippen molar-refractivity contribution in [2.24, 2.45) is 5.73 Å². The van der Waals surface area contributed by atoms with Crippen LogP contribution in [0, 0.1) is 0 Å². The number of fused-ring (bicyclic) bond motifs is 2. The molecule has 0 spiro atoms. The second kappa shape index (κ2) is 8.57. The highest BCUT2D eigenvalue weighted by Gasteiger charge is 2.25. The minimum absolute atomic E-state index is 0.138. The highest BCUT2D eigenvalue weighted by molar-refractivity contribution is 6.11. The Kier molecular flexibility index (Phi) is 5.51. The lowest BCUT2D eigenvalue weighted by Gasteiger charge is -2.27. The number of ether oxygens (including phenoxy) is 1. The number of methoxy groups -OCH3 is 1. The molecule has 8 heteroatoms. The van der Waals surface area contributed by atoms with Crippen molar-refractivity contribution in [1.29, 1.82) is 0 Å². The first-order chi connectivity index (χ1) is 17.2. The molecule has 2 amide bonds. The normalized spacial score (nSPS) is 11.7. The van der Waals surface area contributed by atoms with Crippen LogP contribution in [0.25, 0.3) is 33.1 Å². The van der Waals surface area contributed by atoms with Gasteiger partial charge >= 0.3 is 11.7 Å². The van der Waals surface area contributed by atoms with Crippen molar-refractivity contribution in [2.75, 3.05) is 12.0 Å². The molecule has 0 aliphatic heterocycles. The number of nitrogens with one attached hydrogen (secondary N) is 2. The van der Waals surface area contributed by atoms with Gasteiger partial charge in [-0.2, -0.15) is 0 Å². The largest absolute Gasteiger partial charge is 0.495 e. The van der Waals surface area contributed by atoms with Crippen LogP contribution in [0.4, 0.5) is 16.2 Å². The van der Waals surface area contributed by atoms with Crippen molar-refractivity contribution in [3.05, 3.63) is 82.9 Å². The van der Waals surface area contributed by atoms with Gasteiger partial charge in [-0.05, 0) is 46.2 Å². The molecule has 36 heavy (non-hydrogen) atoms. The number of hydrogen-bond donors (Lipinski definition) is 3. The standard InChI is InChI=1S/C28H27N5O3/c1-28(2,3)17-9-12-24(36-4)23(14-17)33(26(29)34)22-11-10-18(19-7-5-6-8-20(19)22)16-13-21-25(30-15-16)32-27(35)31-21/h5-15H,1-4H3,(H2,29,34)(H2,30,31,32,35). The number of rotatable bonds is 4. The molecule has 0 saturated carbocycles. The van der Waals surface area contributed by atoms with Crippen LogP contribution in [-0.2, 0) is 5.41 Å². The van der Waals surface area contributed by atoms with Crippen LogP contribution >= 0.6 is 0 Å². The summed E-state index contributed by atoms with van der Waals surface area (Å²) in [5.74, 6) is 0.543. The summed E-state index contributed by atoms with van der Waals surface area (Å²) >= 11 is 0. The van der Waals surface area contributed by atoms with Crippen LogP contribution < -0.4 is 21.1 Å². The Morgan fingerprint density at radius 1 is 0.972 bits per heavy atom. The highest BCUT2D eigenvalue weighted by atomic mass is 16.5. The van der Waals surface area contributed by atoms with Gasteiger partial charge in [0.1, 0.15) is 5.75 Å². The Morgan fingerprint density at radius 2 is 1.72 bits per heavy atom. The van der Waals surface area contributed by atoms with Gasteiger partial charge in [0, 0.05) is 17.1 Å². The monoisotopic (exact) mass is 481 g/mol. The van der Waals surface area contributed by atoms with E-state index in [4.69, 9.17) is 10.5 Å². The van der Waals surface area contributed by atoms with Crippen LogP contribution in [0.2, 0.25) is 0 Å². The van der Waals surface area contributed by atoms with E-state index in [1.165, 1.54) is 4.90 Å². The molecule has 0 aliphatic rings. The Balaban J connectivity index is 1.73. The van der Waals surface area contributed by atoms with Gasteiger partial charge in [-0.25, -0.2) is 14.6 Å². The third-order valence-electron chi connectivity index (χ3n) is 6.33. The predicted octanol–water partition coefficient (Wildman–Crippen LogP) is 5.59. The number of H-pyrrole nitrogens is 2. The van der Waals surface area contributed by atoms with E-state index >= 15 is 0 Å². The van der Waals surface area contributed by atoms with Crippen molar-refractivity contribution >= 4 is 39.3 Å². The molecule has 0 atom stereocenters. The third-order valence-corrected chi connectivity index (χ3v) is 6.33. The topological polar surface area (TPSA) is 117 Å². The molecule has 0 unspecified atom stereocenters. The van der Waals surface area contributed by atoms with Crippen LogP contribution in [0.5, 0.6) is 5.75 Å². The Morgan fingerprint density at radius 3 is 2.42 bits per heavy atom. The SMILES string of the molecule is COc1ccc(C(C)(C)C)cc1N(C(N)=O)c1ccc(-c2cnc3[nH]c(=O)[nH]c3c2)c2ccccc12. The first-order valence-corrected chi connectivity index (χ1v) is 11.6. The molecule has 2 aromatic heterocycles. The summed E-state index contributed by atoms with van der Waals surface area (Å²) in [5, 5.41) is 1.74. The quantitative estimate of drug-likeness (QED) is 0.310. The second-order valence-corrected chi connectivity index (χ2v) is 9.69. The third kappa shape index (κ3) is 3.96. The molecule has 0 aliphatic carbocycles. The van der Waals surface area contributed by atoms with Crippen molar-refractivity contribution < 1.29 is 9.53 Å². The van der Waals surface area contributed by atoms with Crippen molar-refractivity contribution in [1.82, 2.24) is 15.0 Å². The number of aromatic nitrogens is 3. The van der Waals surface area contributed by atoms with Crippen molar-refractivity contribution in [3.63, 3.8) is 0 Å². The highest BCUT2D eigenvalue weighted by Crippen LogP contribution is 2.42. The van der Waals surface area contributed by atoms with Crippen molar-refractivity contribution in [3.8, 4) is 16.9 Å². The average Bonchev–Trinajstić information content (AvgIpc) is 3.22. The number of aromatic amines is 2. The smallest absolute Gasteiger partial charge is 0.325 e. The van der Waals surface area contributed by atoms with Gasteiger partial charge in [0.25, 0.3) is 0 Å². The summed E-state index contributed by atoms with van der Waals surface area (Å²) in [6, 6.07) is 18.7. The molecule has 0 fully saturated rings. The van der Waals surface area contributed by atoms with E-state index in [1.807, 2.05) is 60.7 Å². The number of nitrogens with two attached hydrogens (primary N) is 1. The number of anilines is 2. The molecule has 5 aromatic rings. The first-order valence-electron chi connectivity index (χ1n) is 11.6. The maximum Gasteiger partial charge on any atom is 0.325 e. The zero-order valence-corrected chi connectivity index (χ0v) is 20.5. The van der Waals surface area contributed by atoms with Gasteiger partial charge in [-0.3, -0.25) is 9.88 Å². The van der Waals surface area contributed by atoms with E-state index in [9.17, 15) is 9.59 Å². The number of hydrogen-bond acceptors (Lipinski definition) is 4. The number of pyridine rings is 1. The molecule has 0 bridgehead atoms. The van der Waals surface area contributed by atoms with E-state index in [1.54, 1.807) is 13.3 Å². The fourth-order valence-corrected chi connectivity index (χ4v) is 4.50. The number of carbonyl (C=O) groups is 1. The van der Waals surface area contributed by atoms with Gasteiger partial charge in [-0.1, -0.05) is 57.2 Å². The molecule has 0 saturated heterocycles. The van der Waals surface area contributed by atoms with Crippen LogP contribution in [0.15, 0.2) is 71.7 Å². The number of benzene rings is 3. The van der Waals surface area contributed by atoms with E-state index in [-0.39, 0.29) is 11.1 Å². The zero-order valence-electron chi connectivity index (χ0n) is 20.5. The Hall–Kier alpha value is -4.59. The fourth-order valence-electron chi connectivity index (χ4n) is 4.50. The van der Waals surface area contributed by atoms with Crippen LogP contribution in [0.1, 0.15) is 26.3 Å². The Bertz CT molecular complexity index is 1680. The summed E-state index contributed by atoms with van der Waals surface area (Å²) < 4.78 is 5.62. The van der Waals surface area contributed by atoms with Gasteiger partial charge in [0.05, 0.1) is 24.0 Å². The van der Waals surface area contributed by atoms with E-state index in [2.05, 4.69) is 35.7 Å². The Labute approximate surface area is 207 Å². The fraction of sp³-hybridized carbons (Fsp3) is 0.179. The zero-order chi connectivity index (χ0) is 25.6. The lowest BCUT2D eigenvalue weighted by Crippen LogP contribution is -2.32. The van der Waals surface area contributed by atoms with E-state index in [0.29, 0.717) is 28.3 Å².